The van der Waals surface area contributed by atoms with E-state index in [0.717, 1.165) is 25.7 Å². The number of hydrogen-bond acceptors (Lipinski definition) is 6. The fraction of sp³-hybridized carbons (Fsp3) is 0.650. The van der Waals surface area contributed by atoms with Gasteiger partial charge in [-0.25, -0.2) is 9.18 Å². The first-order valence-electron chi connectivity index (χ1n) is 10.6. The number of carbonyl (C=O) groups is 1. The van der Waals surface area contributed by atoms with Crippen molar-refractivity contribution in [3.8, 4) is 0 Å². The van der Waals surface area contributed by atoms with Gasteiger partial charge in [-0.15, -0.1) is 0 Å². The van der Waals surface area contributed by atoms with Crippen LogP contribution in [0.3, 0.4) is 0 Å². The number of nitrogens with zero attached hydrogens (tertiary/aromatic N) is 4. The van der Waals surface area contributed by atoms with Gasteiger partial charge in [-0.2, -0.15) is 0 Å². The number of benzene rings is 1. The highest BCUT2D eigenvalue weighted by Crippen LogP contribution is 2.36. The van der Waals surface area contributed by atoms with Crippen LogP contribution in [0.4, 0.5) is 26.2 Å². The van der Waals surface area contributed by atoms with Crippen molar-refractivity contribution in [1.82, 2.24) is 4.90 Å². The van der Waals surface area contributed by atoms with E-state index in [0.29, 0.717) is 50.7 Å². The Hall–Kier alpha value is -2.62. The number of halogens is 1. The van der Waals surface area contributed by atoms with Crippen LogP contribution in [0, 0.1) is 15.9 Å². The topological polar surface area (TPSA) is 83.6 Å². The largest absolute Gasteiger partial charge is 0.450 e. The van der Waals surface area contributed by atoms with Crippen molar-refractivity contribution in [2.45, 2.75) is 26.8 Å². The van der Waals surface area contributed by atoms with Gasteiger partial charge in [-0.3, -0.25) is 10.1 Å². The molecule has 1 amide bonds. The Kier molecular flexibility index (Phi) is 6.96. The van der Waals surface area contributed by atoms with Crippen molar-refractivity contribution in [3.05, 3.63) is 28.1 Å². The second-order valence-electron chi connectivity index (χ2n) is 7.83. The molecule has 10 heteroatoms. The lowest BCUT2D eigenvalue weighted by Gasteiger charge is -2.40. The number of amides is 1. The van der Waals surface area contributed by atoms with Crippen LogP contribution in [0.15, 0.2) is 12.1 Å². The minimum absolute atomic E-state index is 0.178. The molecule has 2 saturated heterocycles. The van der Waals surface area contributed by atoms with Crippen molar-refractivity contribution in [2.24, 2.45) is 0 Å². The van der Waals surface area contributed by atoms with Crippen LogP contribution < -0.4 is 14.7 Å². The zero-order valence-corrected chi connectivity index (χ0v) is 17.9. The Morgan fingerprint density at radius 3 is 2.47 bits per heavy atom. The van der Waals surface area contributed by atoms with Crippen LogP contribution in [0.1, 0.15) is 20.8 Å². The predicted molar refractivity (Wildman–Crippen MR) is 112 cm³/mol. The molecule has 9 nitrogen and oxygen atoms in total. The molecule has 2 aliphatic rings. The Balaban J connectivity index is 1.85. The first kappa shape index (κ1) is 22.1. The van der Waals surface area contributed by atoms with E-state index in [1.165, 1.54) is 4.90 Å². The molecule has 0 saturated carbocycles. The highest BCUT2D eigenvalue weighted by atomic mass is 19.1. The molecule has 0 bridgehead atoms. The number of nitro benzene ring substituents is 1. The van der Waals surface area contributed by atoms with Gasteiger partial charge in [0.05, 0.1) is 56.0 Å². The van der Waals surface area contributed by atoms with Crippen LogP contribution in [0.2, 0.25) is 0 Å². The van der Waals surface area contributed by atoms with E-state index in [9.17, 15) is 19.3 Å². The second-order valence-corrected chi connectivity index (χ2v) is 7.83. The van der Waals surface area contributed by atoms with Gasteiger partial charge in [0.15, 0.2) is 5.82 Å². The van der Waals surface area contributed by atoms with Crippen LogP contribution in [0.5, 0.6) is 0 Å². The normalized spacial score (nSPS) is 20.4. The van der Waals surface area contributed by atoms with E-state index in [1.807, 2.05) is 16.7 Å². The van der Waals surface area contributed by atoms with Gasteiger partial charge in [-0.1, -0.05) is 0 Å². The molecule has 0 aliphatic carbocycles. The number of nitro groups is 1. The third kappa shape index (κ3) is 4.58. The Morgan fingerprint density at radius 1 is 1.20 bits per heavy atom. The number of ether oxygens (including phenoxy) is 1. The monoisotopic (exact) mass is 424 g/mol. The molecule has 2 fully saturated rings. The summed E-state index contributed by atoms with van der Waals surface area (Å²) in [5.41, 5.74) is 0.564. The number of piperazine rings is 2. The van der Waals surface area contributed by atoms with Crippen molar-refractivity contribution in [3.63, 3.8) is 0 Å². The molecule has 1 aromatic rings. The summed E-state index contributed by atoms with van der Waals surface area (Å²) in [5, 5.41) is 11.6. The van der Waals surface area contributed by atoms with Crippen LogP contribution in [0.25, 0.3) is 0 Å². The molecule has 30 heavy (non-hydrogen) atoms. The van der Waals surface area contributed by atoms with E-state index in [2.05, 4.69) is 6.92 Å². The second kappa shape index (κ2) is 9.46. The standard InChI is InChI=1S/C20H30FN5O4/c1-4-22-6-8-23(9-7-22)17-13-18(19(26(28)29)12-16(17)21)24-10-11-25(15(3)14-24)20(27)30-5-2/h12-13,15H,4-11,14H2,1-3H3/p+1/t15-/m0/s1. The van der Waals surface area contributed by atoms with Crippen LogP contribution >= 0.6 is 0 Å². The van der Waals surface area contributed by atoms with E-state index in [-0.39, 0.29) is 17.8 Å². The van der Waals surface area contributed by atoms with Gasteiger partial charge in [-0.05, 0) is 26.8 Å². The minimum Gasteiger partial charge on any atom is -0.450 e. The summed E-state index contributed by atoms with van der Waals surface area (Å²) in [6.45, 7) is 11.6. The molecule has 1 N–H and O–H groups in total. The molecule has 0 aromatic heterocycles. The lowest BCUT2D eigenvalue weighted by atomic mass is 10.1. The molecule has 0 spiro atoms. The number of rotatable bonds is 5. The fourth-order valence-corrected chi connectivity index (χ4v) is 4.25. The van der Waals surface area contributed by atoms with Crippen LogP contribution in [-0.2, 0) is 4.74 Å². The van der Waals surface area contributed by atoms with Gasteiger partial charge in [0.1, 0.15) is 5.69 Å². The average molecular weight is 424 g/mol. The number of quaternary nitrogens is 1. The van der Waals surface area contributed by atoms with Crippen molar-refractivity contribution in [2.75, 3.05) is 68.8 Å². The number of hydrogen-bond donors (Lipinski definition) is 1. The Morgan fingerprint density at radius 2 is 1.90 bits per heavy atom. The molecule has 2 heterocycles. The number of nitrogens with one attached hydrogen (secondary N) is 1. The molecule has 0 radical (unpaired) electrons. The van der Waals surface area contributed by atoms with Crippen LogP contribution in [-0.4, -0.2) is 80.9 Å². The van der Waals surface area contributed by atoms with Gasteiger partial charge in [0.25, 0.3) is 5.69 Å². The summed E-state index contributed by atoms with van der Waals surface area (Å²) in [6.07, 6.45) is -0.379. The number of carbonyl (C=O) groups excluding carboxylic acids is 1. The smallest absolute Gasteiger partial charge is 0.410 e. The van der Waals surface area contributed by atoms with Gasteiger partial charge in [0.2, 0.25) is 0 Å². The third-order valence-electron chi connectivity index (χ3n) is 6.02. The maximum Gasteiger partial charge on any atom is 0.410 e. The summed E-state index contributed by atoms with van der Waals surface area (Å²) in [6, 6.07) is 2.46. The molecular formula is C20H31FN5O4+. The van der Waals surface area contributed by atoms with Crippen molar-refractivity contribution < 1.29 is 23.7 Å². The highest BCUT2D eigenvalue weighted by molar-refractivity contribution is 5.72. The Bertz CT molecular complexity index is 785. The number of likely N-dealkylation sites (N-methyl/N-ethyl adjacent to an activating group) is 1. The van der Waals surface area contributed by atoms with E-state index in [4.69, 9.17) is 4.74 Å². The molecule has 0 unspecified atom stereocenters. The summed E-state index contributed by atoms with van der Waals surface area (Å²) in [7, 11) is 0. The molecule has 2 aliphatic heterocycles. The minimum atomic E-state index is -0.566. The average Bonchev–Trinajstić information content (AvgIpc) is 2.73. The summed E-state index contributed by atoms with van der Waals surface area (Å²) in [4.78, 5) is 30.1. The van der Waals surface area contributed by atoms with Gasteiger partial charge >= 0.3 is 6.09 Å². The van der Waals surface area contributed by atoms with Crippen molar-refractivity contribution in [1.29, 1.82) is 0 Å². The van der Waals surface area contributed by atoms with Gasteiger partial charge in [0, 0.05) is 25.7 Å². The summed E-state index contributed by atoms with van der Waals surface area (Å²) < 4.78 is 19.9. The third-order valence-corrected chi connectivity index (χ3v) is 6.02. The SMILES string of the molecule is CCOC(=O)N1CCN(c2cc(N3CC[NH+](CC)CC3)c(F)cc2[N+](=O)[O-])C[C@@H]1C. The molecular weight excluding hydrogens is 393 g/mol. The number of anilines is 2. The van der Waals surface area contributed by atoms with E-state index in [1.54, 1.807) is 17.9 Å². The summed E-state index contributed by atoms with van der Waals surface area (Å²) >= 11 is 0. The lowest BCUT2D eigenvalue weighted by molar-refractivity contribution is -0.898. The molecule has 166 valence electrons. The van der Waals surface area contributed by atoms with Crippen molar-refractivity contribution >= 4 is 23.2 Å². The zero-order valence-electron chi connectivity index (χ0n) is 17.9. The highest BCUT2D eigenvalue weighted by Gasteiger charge is 2.33. The molecule has 1 atom stereocenters. The fourth-order valence-electron chi connectivity index (χ4n) is 4.25. The Labute approximate surface area is 176 Å². The van der Waals surface area contributed by atoms with E-state index >= 15 is 0 Å². The first-order chi connectivity index (χ1) is 14.3. The predicted octanol–water partition coefficient (Wildman–Crippen LogP) is 1.13. The zero-order chi connectivity index (χ0) is 21.8. The van der Waals surface area contributed by atoms with Gasteiger partial charge < -0.3 is 24.3 Å². The van der Waals surface area contributed by atoms with E-state index < -0.39 is 10.7 Å². The molecule has 3 rings (SSSR count). The maximum absolute atomic E-state index is 14.8. The summed E-state index contributed by atoms with van der Waals surface area (Å²) in [5.74, 6) is -0.566. The maximum atomic E-state index is 14.8. The first-order valence-corrected chi connectivity index (χ1v) is 10.6. The lowest BCUT2D eigenvalue weighted by Crippen LogP contribution is -3.14. The quantitative estimate of drug-likeness (QED) is 0.564. The molecule has 1 aromatic carbocycles.